The minimum Gasteiger partial charge on any atom is -0.381 e. The number of hydrogen-bond donors (Lipinski definition) is 0. The number of piperidine rings is 1. The Hall–Kier alpha value is -2.46. The highest BCUT2D eigenvalue weighted by atomic mass is 16.5. The third kappa shape index (κ3) is 3.06. The first-order valence-corrected chi connectivity index (χ1v) is 9.29. The maximum Gasteiger partial charge on any atom is 0.243 e. The average Bonchev–Trinajstić information content (AvgIpc) is 3.11. The van der Waals surface area contributed by atoms with Crippen LogP contribution in [0, 0.1) is 22.7 Å². The first-order chi connectivity index (χ1) is 12.7. The highest BCUT2D eigenvalue weighted by Crippen LogP contribution is 2.34. The van der Waals surface area contributed by atoms with E-state index in [0.717, 1.165) is 37.3 Å². The van der Waals surface area contributed by atoms with Gasteiger partial charge in [0.1, 0.15) is 11.2 Å². The molecular formula is C19H23N5O2. The van der Waals surface area contributed by atoms with E-state index in [2.05, 4.69) is 16.3 Å². The zero-order valence-electron chi connectivity index (χ0n) is 14.8. The molecule has 2 aliphatic rings. The van der Waals surface area contributed by atoms with Crippen molar-refractivity contribution in [2.45, 2.75) is 32.1 Å². The van der Waals surface area contributed by atoms with Crippen LogP contribution in [0.2, 0.25) is 0 Å². The summed E-state index contributed by atoms with van der Waals surface area (Å²) in [5, 5.41) is 18.2. The zero-order valence-corrected chi connectivity index (χ0v) is 14.8. The molecule has 2 aromatic heterocycles. The lowest BCUT2D eigenvalue weighted by atomic mass is 9.79. The van der Waals surface area contributed by atoms with Gasteiger partial charge in [0.2, 0.25) is 5.91 Å². The van der Waals surface area contributed by atoms with Gasteiger partial charge in [0.25, 0.3) is 0 Å². The van der Waals surface area contributed by atoms with Gasteiger partial charge in [0.05, 0.1) is 6.07 Å². The molecule has 0 aromatic carbocycles. The normalized spacial score (nSPS) is 22.9. The molecule has 0 aliphatic carbocycles. The van der Waals surface area contributed by atoms with Crippen LogP contribution < -0.4 is 0 Å². The first-order valence-electron chi connectivity index (χ1n) is 9.29. The van der Waals surface area contributed by atoms with Crippen LogP contribution in [-0.2, 0) is 16.0 Å². The van der Waals surface area contributed by atoms with Crippen molar-refractivity contribution in [3.63, 3.8) is 0 Å². The number of rotatable bonds is 3. The number of aromatic nitrogens is 3. The van der Waals surface area contributed by atoms with Gasteiger partial charge in [0.15, 0.2) is 5.65 Å². The first kappa shape index (κ1) is 17.0. The molecule has 2 saturated heterocycles. The Morgan fingerprint density at radius 1 is 1.35 bits per heavy atom. The fourth-order valence-electron chi connectivity index (χ4n) is 4.10. The van der Waals surface area contributed by atoms with E-state index >= 15 is 0 Å². The van der Waals surface area contributed by atoms with Crippen molar-refractivity contribution in [3.05, 3.63) is 30.2 Å². The van der Waals surface area contributed by atoms with Crippen molar-refractivity contribution in [3.8, 4) is 6.07 Å². The summed E-state index contributed by atoms with van der Waals surface area (Å²) in [6.45, 7) is 2.40. The van der Waals surface area contributed by atoms with Crippen LogP contribution in [0.15, 0.2) is 24.4 Å². The van der Waals surface area contributed by atoms with Gasteiger partial charge in [-0.15, -0.1) is 10.2 Å². The molecule has 4 heterocycles. The summed E-state index contributed by atoms with van der Waals surface area (Å²) in [7, 11) is 0. The van der Waals surface area contributed by atoms with E-state index in [9.17, 15) is 10.1 Å². The molecule has 136 valence electrons. The predicted molar refractivity (Wildman–Crippen MR) is 94.1 cm³/mol. The Morgan fingerprint density at radius 2 is 2.19 bits per heavy atom. The number of hydrogen-bond acceptors (Lipinski definition) is 5. The van der Waals surface area contributed by atoms with Crippen LogP contribution in [0.4, 0.5) is 0 Å². The Morgan fingerprint density at radius 3 is 3.00 bits per heavy atom. The quantitative estimate of drug-likeness (QED) is 0.841. The second-order valence-electron chi connectivity index (χ2n) is 7.31. The fourth-order valence-corrected chi connectivity index (χ4v) is 4.10. The van der Waals surface area contributed by atoms with Gasteiger partial charge in [-0.25, -0.2) is 0 Å². The molecule has 1 unspecified atom stereocenters. The highest BCUT2D eigenvalue weighted by molar-refractivity contribution is 5.85. The van der Waals surface area contributed by atoms with Crippen molar-refractivity contribution in [2.75, 3.05) is 26.3 Å². The minimum absolute atomic E-state index is 0.0147. The molecule has 0 N–H and O–H groups in total. The van der Waals surface area contributed by atoms with Crippen LogP contribution in [0.3, 0.4) is 0 Å². The van der Waals surface area contributed by atoms with E-state index in [1.54, 1.807) is 0 Å². The van der Waals surface area contributed by atoms with Crippen LogP contribution >= 0.6 is 0 Å². The van der Waals surface area contributed by atoms with Gasteiger partial charge in [-0.2, -0.15) is 5.26 Å². The number of carbonyl (C=O) groups excluding carboxylic acids is 1. The van der Waals surface area contributed by atoms with Gasteiger partial charge in [-0.3, -0.25) is 9.20 Å². The number of nitriles is 1. The standard InChI is InChI=1S/C19H23N5O2/c20-14-19(6-10-26-11-7-19)18(25)23-8-3-4-15(13-23)12-17-22-21-16-5-1-2-9-24(16)17/h1-2,5,9,15H,3-4,6-8,10-13H2. The molecule has 2 aromatic rings. The molecule has 2 aliphatic heterocycles. The van der Waals surface area contributed by atoms with Gasteiger partial charge >= 0.3 is 0 Å². The summed E-state index contributed by atoms with van der Waals surface area (Å²) in [4.78, 5) is 15.0. The van der Waals surface area contributed by atoms with E-state index < -0.39 is 5.41 Å². The second kappa shape index (κ2) is 7.04. The van der Waals surface area contributed by atoms with Crippen molar-refractivity contribution in [1.29, 1.82) is 5.26 Å². The van der Waals surface area contributed by atoms with Crippen LogP contribution in [-0.4, -0.2) is 51.7 Å². The van der Waals surface area contributed by atoms with Crippen molar-refractivity contribution >= 4 is 11.6 Å². The SMILES string of the molecule is N#CC1(C(=O)N2CCCC(Cc3nnc4ccccn34)C2)CCOCC1. The van der Waals surface area contributed by atoms with Gasteiger partial charge in [0, 0.05) is 38.9 Å². The fraction of sp³-hybridized carbons (Fsp3) is 0.579. The smallest absolute Gasteiger partial charge is 0.243 e. The van der Waals surface area contributed by atoms with E-state index in [4.69, 9.17) is 4.74 Å². The molecular weight excluding hydrogens is 330 g/mol. The Balaban J connectivity index is 1.47. The lowest BCUT2D eigenvalue weighted by Crippen LogP contribution is -2.50. The van der Waals surface area contributed by atoms with Crippen LogP contribution in [0.5, 0.6) is 0 Å². The third-order valence-electron chi connectivity index (χ3n) is 5.63. The molecule has 2 fully saturated rings. The second-order valence-corrected chi connectivity index (χ2v) is 7.31. The van der Waals surface area contributed by atoms with E-state index in [0.29, 0.717) is 38.5 Å². The monoisotopic (exact) mass is 353 g/mol. The van der Waals surface area contributed by atoms with E-state index in [1.165, 1.54) is 0 Å². The average molecular weight is 353 g/mol. The summed E-state index contributed by atoms with van der Waals surface area (Å²) in [6.07, 6.45) is 5.79. The molecule has 1 atom stereocenters. The molecule has 0 radical (unpaired) electrons. The number of ether oxygens (including phenoxy) is 1. The molecule has 1 amide bonds. The zero-order chi connectivity index (χ0) is 18.0. The van der Waals surface area contributed by atoms with Gasteiger partial charge in [-0.05, 0) is 43.7 Å². The van der Waals surface area contributed by atoms with Crippen molar-refractivity contribution in [1.82, 2.24) is 19.5 Å². The van der Waals surface area contributed by atoms with Crippen molar-refractivity contribution < 1.29 is 9.53 Å². The third-order valence-corrected chi connectivity index (χ3v) is 5.63. The summed E-state index contributed by atoms with van der Waals surface area (Å²) >= 11 is 0. The molecule has 7 nitrogen and oxygen atoms in total. The molecule has 26 heavy (non-hydrogen) atoms. The molecule has 4 rings (SSSR count). The number of fused-ring (bicyclic) bond motifs is 1. The van der Waals surface area contributed by atoms with E-state index in [1.807, 2.05) is 33.7 Å². The molecule has 0 spiro atoms. The van der Waals surface area contributed by atoms with Gasteiger partial charge < -0.3 is 9.64 Å². The Labute approximate surface area is 152 Å². The summed E-state index contributed by atoms with van der Waals surface area (Å²) < 4.78 is 7.37. The maximum absolute atomic E-state index is 13.1. The number of nitrogens with zero attached hydrogens (tertiary/aromatic N) is 5. The van der Waals surface area contributed by atoms with E-state index in [-0.39, 0.29) is 5.91 Å². The topological polar surface area (TPSA) is 83.5 Å². The lowest BCUT2D eigenvalue weighted by Gasteiger charge is -2.39. The van der Waals surface area contributed by atoms with Crippen LogP contribution in [0.1, 0.15) is 31.5 Å². The van der Waals surface area contributed by atoms with Gasteiger partial charge in [-0.1, -0.05) is 6.07 Å². The predicted octanol–water partition coefficient (Wildman–Crippen LogP) is 1.83. The van der Waals surface area contributed by atoms with Crippen LogP contribution in [0.25, 0.3) is 5.65 Å². The largest absolute Gasteiger partial charge is 0.381 e. The molecule has 0 bridgehead atoms. The Kier molecular flexibility index (Phi) is 4.60. The lowest BCUT2D eigenvalue weighted by molar-refractivity contribution is -0.145. The summed E-state index contributed by atoms with van der Waals surface area (Å²) in [5.41, 5.74) is -0.0568. The highest BCUT2D eigenvalue weighted by Gasteiger charge is 2.44. The molecule has 7 heteroatoms. The summed E-state index contributed by atoms with van der Waals surface area (Å²) in [6, 6.07) is 8.16. The number of likely N-dealkylation sites (tertiary alicyclic amines) is 1. The number of carbonyl (C=O) groups is 1. The van der Waals surface area contributed by atoms with Crippen molar-refractivity contribution in [2.24, 2.45) is 11.3 Å². The maximum atomic E-state index is 13.1. The Bertz CT molecular complexity index is 834. The molecule has 0 saturated carbocycles. The number of pyridine rings is 1. The minimum atomic E-state index is -0.901. The number of amides is 1. The summed E-state index contributed by atoms with van der Waals surface area (Å²) in [5.74, 6) is 1.26.